The first-order chi connectivity index (χ1) is 16.6. The van der Waals surface area contributed by atoms with Gasteiger partial charge in [0.1, 0.15) is 18.1 Å². The number of aromatic nitrogens is 3. The molecular formula is C24H28F3N7O. The van der Waals surface area contributed by atoms with Crippen LogP contribution in [-0.4, -0.2) is 39.7 Å². The maximum atomic E-state index is 13.6. The number of rotatable bonds is 9. The zero-order valence-corrected chi connectivity index (χ0v) is 19.9. The number of alkyl halides is 2. The molecule has 0 atom stereocenters. The molecule has 0 aliphatic heterocycles. The molecule has 0 bridgehead atoms. The second kappa shape index (κ2) is 11.0. The van der Waals surface area contributed by atoms with E-state index < -0.39 is 17.9 Å². The highest BCUT2D eigenvalue weighted by Gasteiger charge is 2.22. The van der Waals surface area contributed by atoms with Crippen molar-refractivity contribution < 1.29 is 17.9 Å². The van der Waals surface area contributed by atoms with E-state index >= 15 is 0 Å². The molecule has 0 spiro atoms. The molecule has 11 heteroatoms. The minimum atomic E-state index is -2.79. The molecule has 3 aromatic rings. The van der Waals surface area contributed by atoms with Crippen molar-refractivity contribution in [3.05, 3.63) is 65.5 Å². The van der Waals surface area contributed by atoms with E-state index in [1.807, 2.05) is 13.8 Å². The first kappa shape index (κ1) is 25.8. The molecule has 0 amide bonds. The van der Waals surface area contributed by atoms with Crippen molar-refractivity contribution in [2.45, 2.75) is 33.2 Å². The number of anilines is 1. The number of nitrogens with zero attached hydrogens (tertiary/aromatic N) is 4. The van der Waals surface area contributed by atoms with Gasteiger partial charge in [0.15, 0.2) is 0 Å². The van der Waals surface area contributed by atoms with Crippen LogP contribution in [0.2, 0.25) is 0 Å². The van der Waals surface area contributed by atoms with Gasteiger partial charge in [-0.25, -0.2) is 23.6 Å². The van der Waals surface area contributed by atoms with Gasteiger partial charge in [0.2, 0.25) is 11.8 Å². The van der Waals surface area contributed by atoms with Gasteiger partial charge in [-0.1, -0.05) is 0 Å². The van der Waals surface area contributed by atoms with Crippen molar-refractivity contribution in [2.24, 2.45) is 5.73 Å². The summed E-state index contributed by atoms with van der Waals surface area (Å²) in [7, 11) is 1.75. The number of halogens is 3. The van der Waals surface area contributed by atoms with E-state index in [-0.39, 0.29) is 24.5 Å². The number of hydrogen-bond donors (Lipinski definition) is 3. The topological polar surface area (TPSA) is 115 Å². The number of nitrogens with one attached hydrogen (secondary N) is 1. The van der Waals surface area contributed by atoms with E-state index in [1.165, 1.54) is 36.5 Å². The number of ether oxygens (including phenoxy) is 1. The van der Waals surface area contributed by atoms with Crippen molar-refractivity contribution in [1.82, 2.24) is 25.4 Å². The van der Waals surface area contributed by atoms with Crippen LogP contribution in [0.3, 0.4) is 0 Å². The van der Waals surface area contributed by atoms with Crippen LogP contribution in [0.1, 0.15) is 31.7 Å². The molecule has 2 aromatic heterocycles. The number of aryl methyl sites for hydroxylation is 1. The first-order valence-corrected chi connectivity index (χ1v) is 10.8. The maximum absolute atomic E-state index is 13.6. The third kappa shape index (κ3) is 5.99. The Morgan fingerprint density at radius 2 is 1.80 bits per heavy atom. The highest BCUT2D eigenvalue weighted by atomic mass is 19.3. The average Bonchev–Trinajstić information content (AvgIpc) is 2.81. The minimum absolute atomic E-state index is 0.00635. The summed E-state index contributed by atoms with van der Waals surface area (Å²) in [5, 5.41) is 1.80. The van der Waals surface area contributed by atoms with Crippen LogP contribution in [0.5, 0.6) is 5.88 Å². The Kier molecular flexibility index (Phi) is 8.13. The van der Waals surface area contributed by atoms with Crippen molar-refractivity contribution in [3.63, 3.8) is 0 Å². The molecule has 35 heavy (non-hydrogen) atoms. The van der Waals surface area contributed by atoms with Crippen molar-refractivity contribution in [1.29, 1.82) is 0 Å². The lowest BCUT2D eigenvalue weighted by Crippen LogP contribution is -2.42. The smallest absolute Gasteiger partial charge is 0.280 e. The molecule has 1 aromatic carbocycles. The quantitative estimate of drug-likeness (QED) is 0.385. The second-order valence-electron chi connectivity index (χ2n) is 7.97. The van der Waals surface area contributed by atoms with Gasteiger partial charge in [0.05, 0.1) is 17.0 Å². The fourth-order valence-electron chi connectivity index (χ4n) is 3.66. The van der Waals surface area contributed by atoms with Gasteiger partial charge >= 0.3 is 0 Å². The van der Waals surface area contributed by atoms with E-state index in [2.05, 4.69) is 20.4 Å². The Bertz CT molecular complexity index is 1200. The first-order valence-electron chi connectivity index (χ1n) is 10.8. The average molecular weight is 488 g/mol. The third-order valence-electron chi connectivity index (χ3n) is 5.11. The number of hydrazine groups is 1. The Labute approximate surface area is 201 Å². The molecule has 0 unspecified atom stereocenters. The summed E-state index contributed by atoms with van der Waals surface area (Å²) in [5.41, 5.74) is 16.9. The van der Waals surface area contributed by atoms with Gasteiger partial charge in [-0.3, -0.25) is 4.98 Å². The molecule has 0 radical (unpaired) electrons. The second-order valence-corrected chi connectivity index (χ2v) is 7.97. The number of nitrogens with two attached hydrogens (primary N) is 2. The lowest BCUT2D eigenvalue weighted by atomic mass is 9.99. The maximum Gasteiger partial charge on any atom is 0.280 e. The predicted molar refractivity (Wildman–Crippen MR) is 129 cm³/mol. The van der Waals surface area contributed by atoms with Gasteiger partial charge in [-0.2, -0.15) is 4.98 Å². The van der Waals surface area contributed by atoms with E-state index in [9.17, 15) is 13.2 Å². The predicted octanol–water partition coefficient (Wildman–Crippen LogP) is 4.20. The molecular weight excluding hydrogens is 459 g/mol. The Hall–Kier alpha value is -3.86. The van der Waals surface area contributed by atoms with Crippen molar-refractivity contribution >= 4 is 5.95 Å². The third-order valence-corrected chi connectivity index (χ3v) is 5.11. The molecule has 0 fully saturated rings. The van der Waals surface area contributed by atoms with Crippen LogP contribution in [0.15, 0.2) is 48.3 Å². The van der Waals surface area contributed by atoms with Crippen LogP contribution < -0.4 is 21.6 Å². The van der Waals surface area contributed by atoms with Gasteiger partial charge in [0, 0.05) is 30.5 Å². The zero-order chi connectivity index (χ0) is 25.7. The highest BCUT2D eigenvalue weighted by Crippen LogP contribution is 2.39. The summed E-state index contributed by atoms with van der Waals surface area (Å²) in [6.07, 6.45) is -1.39. The molecule has 0 saturated heterocycles. The largest absolute Gasteiger partial charge is 0.471 e. The molecule has 3 rings (SSSR count). The summed E-state index contributed by atoms with van der Waals surface area (Å²) in [4.78, 5) is 12.5. The summed E-state index contributed by atoms with van der Waals surface area (Å²) in [5.74, 6) is -0.482. The number of nitrogen functional groups attached to an aromatic ring is 1. The van der Waals surface area contributed by atoms with Gasteiger partial charge in [-0.05, 0) is 62.7 Å². The molecule has 0 aliphatic carbocycles. The molecule has 8 nitrogen and oxygen atoms in total. The number of pyridine rings is 1. The summed E-state index contributed by atoms with van der Waals surface area (Å²) in [6, 6.07) is 8.48. The Morgan fingerprint density at radius 1 is 1.11 bits per heavy atom. The molecule has 5 N–H and O–H groups in total. The molecule has 2 heterocycles. The van der Waals surface area contributed by atoms with Crippen molar-refractivity contribution in [2.75, 3.05) is 19.4 Å². The lowest BCUT2D eigenvalue weighted by molar-refractivity contribution is 0.146. The minimum Gasteiger partial charge on any atom is -0.471 e. The van der Waals surface area contributed by atoms with E-state index in [1.54, 1.807) is 25.0 Å². The fourth-order valence-corrected chi connectivity index (χ4v) is 3.66. The van der Waals surface area contributed by atoms with Crippen LogP contribution in [-0.2, 0) is 0 Å². The zero-order valence-electron chi connectivity index (χ0n) is 19.9. The number of benzene rings is 1. The monoisotopic (exact) mass is 487 g/mol. The summed E-state index contributed by atoms with van der Waals surface area (Å²) >= 11 is 0. The summed E-state index contributed by atoms with van der Waals surface area (Å²) in [6.45, 7) is 5.53. The van der Waals surface area contributed by atoms with Gasteiger partial charge in [-0.15, -0.1) is 0 Å². The van der Waals surface area contributed by atoms with Gasteiger partial charge in [0.25, 0.3) is 6.43 Å². The van der Waals surface area contributed by atoms with E-state index in [4.69, 9.17) is 16.2 Å². The molecule has 0 saturated carbocycles. The normalized spacial score (nSPS) is 11.9. The Balaban J connectivity index is 2.20. The van der Waals surface area contributed by atoms with Crippen molar-refractivity contribution in [3.8, 4) is 28.3 Å². The van der Waals surface area contributed by atoms with Crippen LogP contribution in [0.4, 0.5) is 19.1 Å². The van der Waals surface area contributed by atoms with Crippen LogP contribution in [0, 0.1) is 12.7 Å². The molecule has 186 valence electrons. The van der Waals surface area contributed by atoms with E-state index in [0.717, 1.165) is 0 Å². The highest BCUT2D eigenvalue weighted by molar-refractivity contribution is 5.85. The summed E-state index contributed by atoms with van der Waals surface area (Å²) < 4.78 is 46.8. The SMILES string of the molecule is CNN(/C(=C\N)COc1nc(N)nc(-c2ccc(F)cc2)c1-c1cc(C)nc(C(F)F)c1)C(C)C. The lowest BCUT2D eigenvalue weighted by Gasteiger charge is -2.29. The van der Waals surface area contributed by atoms with Crippen LogP contribution in [0.25, 0.3) is 22.4 Å². The van der Waals surface area contributed by atoms with E-state index in [0.29, 0.717) is 33.8 Å². The fraction of sp³-hybridized carbons (Fsp3) is 0.292. The van der Waals surface area contributed by atoms with Crippen LogP contribution >= 0.6 is 0 Å². The molecule has 0 aliphatic rings. The standard InChI is InChI=1S/C24H28F3N7O/c1-13(2)34(30-4)18(11-28)12-35-23-20(16-9-14(3)31-19(10-16)22(26)27)21(32-24(29)33-23)15-5-7-17(25)8-6-15/h5-11,13,22,30H,12,28H2,1-4H3,(H2,29,32,33)/b18-11-. The van der Waals surface area contributed by atoms with Gasteiger partial charge < -0.3 is 21.2 Å². The Morgan fingerprint density at radius 3 is 2.37 bits per heavy atom. The number of hydrogen-bond acceptors (Lipinski definition) is 8.